The lowest BCUT2D eigenvalue weighted by atomic mass is 9.89. The molecule has 222 valence electrons. The fourth-order valence-corrected chi connectivity index (χ4v) is 6.40. The number of benzene rings is 3. The molecule has 1 N–H and O–H groups in total. The standard InChI is InChI=1S/C32H30F3N5O3/c33-28-27(32(41)42)26(29(34)31(30(28)35)37-38-36)25-21-11-9-19(39-13-5-1-2-6-14-39)17-23(21)43-24-18-20(10-12-22(24)25)40-15-7-3-4-8-16-40/h9-12,17-18H,1-8,13-16H2/p+1. The number of fused-ring (bicyclic) bond motifs is 2. The Labute approximate surface area is 245 Å². The maximum atomic E-state index is 16.1. The molecule has 43 heavy (non-hydrogen) atoms. The van der Waals surface area contributed by atoms with Crippen LogP contribution in [-0.2, 0) is 0 Å². The van der Waals surface area contributed by atoms with Crippen molar-refractivity contribution >= 4 is 28.3 Å². The summed E-state index contributed by atoms with van der Waals surface area (Å²) >= 11 is 0. The predicted molar refractivity (Wildman–Crippen MR) is 158 cm³/mol. The average Bonchev–Trinajstić information content (AvgIpc) is 3.45. The molecule has 0 amide bonds. The highest BCUT2D eigenvalue weighted by molar-refractivity contribution is 6.08. The number of halogens is 3. The Kier molecular flexibility index (Phi) is 7.99. The molecule has 4 aliphatic rings. The number of azide groups is 1. The van der Waals surface area contributed by atoms with E-state index in [4.69, 9.17) is 9.95 Å². The minimum atomic E-state index is -1.86. The van der Waals surface area contributed by atoms with E-state index in [9.17, 15) is 14.3 Å². The summed E-state index contributed by atoms with van der Waals surface area (Å²) in [5.41, 5.74) is 7.39. The molecule has 0 aromatic heterocycles. The summed E-state index contributed by atoms with van der Waals surface area (Å²) < 4.78 is 54.9. The van der Waals surface area contributed by atoms with Crippen molar-refractivity contribution in [1.82, 2.24) is 4.58 Å². The number of carbonyl (C=O) groups is 1. The molecule has 0 spiro atoms. The smallest absolute Gasteiger partial charge is 0.339 e. The van der Waals surface area contributed by atoms with Gasteiger partial charge in [0.05, 0.1) is 6.07 Å². The second kappa shape index (κ2) is 12.0. The number of anilines is 1. The molecule has 0 bridgehead atoms. The summed E-state index contributed by atoms with van der Waals surface area (Å²) in [5.74, 6) is -6.66. The van der Waals surface area contributed by atoms with Gasteiger partial charge in [0.25, 0.3) is 0 Å². The van der Waals surface area contributed by atoms with Crippen LogP contribution in [0, 0.1) is 17.5 Å². The van der Waals surface area contributed by atoms with Crippen molar-refractivity contribution in [2.45, 2.75) is 51.4 Å². The fraction of sp³-hybridized carbons (Fsp3) is 0.375. The lowest BCUT2D eigenvalue weighted by Gasteiger charge is -2.24. The Hall–Kier alpha value is -4.50. The number of carboxylic acid groups (broad SMARTS) is 1. The maximum Gasteiger partial charge on any atom is 0.339 e. The maximum absolute atomic E-state index is 16.1. The number of rotatable bonds is 4. The molecule has 2 fully saturated rings. The molecule has 3 aliphatic heterocycles. The van der Waals surface area contributed by atoms with Gasteiger partial charge in [0.15, 0.2) is 11.6 Å². The van der Waals surface area contributed by atoms with Crippen LogP contribution in [0.3, 0.4) is 0 Å². The third-order valence-electron chi connectivity index (χ3n) is 8.54. The molecule has 2 saturated heterocycles. The van der Waals surface area contributed by atoms with E-state index in [0.29, 0.717) is 22.3 Å². The topological polar surface area (TPSA) is 105 Å². The zero-order chi connectivity index (χ0) is 30.1. The van der Waals surface area contributed by atoms with Crippen LogP contribution in [0.2, 0.25) is 0 Å². The van der Waals surface area contributed by atoms with Crippen molar-refractivity contribution in [3.63, 3.8) is 0 Å². The number of carboxylic acids is 1. The van der Waals surface area contributed by atoms with E-state index in [0.717, 1.165) is 88.6 Å². The van der Waals surface area contributed by atoms with Crippen LogP contribution in [0.4, 0.5) is 24.5 Å². The average molecular weight is 591 g/mol. The van der Waals surface area contributed by atoms with Crippen LogP contribution in [0.5, 0.6) is 0 Å². The highest BCUT2D eigenvalue weighted by Crippen LogP contribution is 2.46. The molecular formula is C32H31F3N5O3+. The molecule has 3 heterocycles. The first kappa shape index (κ1) is 28.6. The Morgan fingerprint density at radius 3 is 2.26 bits per heavy atom. The van der Waals surface area contributed by atoms with Gasteiger partial charge in [-0.1, -0.05) is 18.0 Å². The number of hydrogen-bond acceptors (Lipinski definition) is 4. The van der Waals surface area contributed by atoms with Gasteiger partial charge in [-0.3, -0.25) is 0 Å². The highest BCUT2D eigenvalue weighted by Gasteiger charge is 2.33. The zero-order valence-corrected chi connectivity index (χ0v) is 23.6. The minimum Gasteiger partial charge on any atom is -0.478 e. The van der Waals surface area contributed by atoms with Gasteiger partial charge in [-0.25, -0.2) is 22.5 Å². The molecule has 2 aromatic rings. The van der Waals surface area contributed by atoms with Crippen molar-refractivity contribution in [3.05, 3.63) is 75.2 Å². The molecule has 0 radical (unpaired) electrons. The van der Waals surface area contributed by atoms with E-state index in [1.807, 2.05) is 24.3 Å². The van der Waals surface area contributed by atoms with Crippen LogP contribution < -0.4 is 14.8 Å². The summed E-state index contributed by atoms with van der Waals surface area (Å²) in [6.45, 7) is 3.45. The third kappa shape index (κ3) is 5.29. The van der Waals surface area contributed by atoms with E-state index < -0.39 is 40.2 Å². The molecule has 8 nitrogen and oxygen atoms in total. The van der Waals surface area contributed by atoms with Gasteiger partial charge in [0.1, 0.15) is 41.5 Å². The molecule has 1 aliphatic carbocycles. The largest absolute Gasteiger partial charge is 0.478 e. The Bertz CT molecular complexity index is 1810. The molecular weight excluding hydrogens is 559 g/mol. The molecule has 2 aromatic carbocycles. The van der Waals surface area contributed by atoms with Gasteiger partial charge in [0, 0.05) is 70.7 Å². The lowest BCUT2D eigenvalue weighted by molar-refractivity contribution is 0.0691. The van der Waals surface area contributed by atoms with Crippen LogP contribution in [0.15, 0.2) is 45.9 Å². The normalized spacial score (nSPS) is 16.2. The molecule has 0 unspecified atom stereocenters. The molecule has 6 rings (SSSR count). The van der Waals surface area contributed by atoms with Gasteiger partial charge in [0.2, 0.25) is 5.36 Å². The number of aromatic carboxylic acids is 1. The Morgan fingerprint density at radius 1 is 0.884 bits per heavy atom. The first-order valence-corrected chi connectivity index (χ1v) is 14.7. The van der Waals surface area contributed by atoms with Gasteiger partial charge in [-0.15, -0.1) is 0 Å². The third-order valence-corrected chi connectivity index (χ3v) is 8.54. The Morgan fingerprint density at radius 2 is 1.58 bits per heavy atom. The van der Waals surface area contributed by atoms with E-state index in [2.05, 4.69) is 19.5 Å². The van der Waals surface area contributed by atoms with Crippen LogP contribution in [-0.4, -0.2) is 37.3 Å². The van der Waals surface area contributed by atoms with Crippen molar-refractivity contribution in [3.8, 4) is 22.5 Å². The zero-order valence-electron chi connectivity index (χ0n) is 23.6. The first-order valence-electron chi connectivity index (χ1n) is 14.7. The summed E-state index contributed by atoms with van der Waals surface area (Å²) in [6, 6.07) is 10.7. The molecule has 0 saturated carbocycles. The first-order chi connectivity index (χ1) is 20.9. The number of hydrogen-bond donors (Lipinski definition) is 1. The quantitative estimate of drug-likeness (QED) is 0.0649. The van der Waals surface area contributed by atoms with Crippen molar-refractivity contribution < 1.29 is 27.5 Å². The monoisotopic (exact) mass is 590 g/mol. The molecule has 0 atom stereocenters. The second-order valence-corrected chi connectivity index (χ2v) is 11.2. The predicted octanol–water partition coefficient (Wildman–Crippen LogP) is 7.99. The minimum absolute atomic E-state index is 0.0178. The van der Waals surface area contributed by atoms with Gasteiger partial charge >= 0.3 is 5.97 Å². The van der Waals surface area contributed by atoms with E-state index >= 15 is 8.78 Å². The summed E-state index contributed by atoms with van der Waals surface area (Å²) in [6.07, 6.45) is 8.74. The van der Waals surface area contributed by atoms with E-state index in [-0.39, 0.29) is 5.56 Å². The van der Waals surface area contributed by atoms with Crippen LogP contribution in [0.1, 0.15) is 61.7 Å². The van der Waals surface area contributed by atoms with Crippen molar-refractivity contribution in [2.75, 3.05) is 31.1 Å². The fourth-order valence-electron chi connectivity index (χ4n) is 6.40. The van der Waals surface area contributed by atoms with Gasteiger partial charge < -0.3 is 14.4 Å². The van der Waals surface area contributed by atoms with Gasteiger partial charge in [-0.2, -0.15) is 0 Å². The molecule has 11 heteroatoms. The SMILES string of the molecule is [N-]=[N+]=Nc1c(F)c(F)c(C(=O)O)c(-c2c3ccc(=[N+]4CCCCCC4)cc-3oc3cc(N4CCCCCC4)ccc23)c1F. The van der Waals surface area contributed by atoms with Gasteiger partial charge in [-0.05, 0) is 49.4 Å². The van der Waals surface area contributed by atoms with E-state index in [1.54, 1.807) is 12.1 Å². The van der Waals surface area contributed by atoms with Crippen LogP contribution in [0.25, 0.3) is 43.9 Å². The van der Waals surface area contributed by atoms with Crippen LogP contribution >= 0.6 is 0 Å². The summed E-state index contributed by atoms with van der Waals surface area (Å²) in [4.78, 5) is 17.0. The summed E-state index contributed by atoms with van der Waals surface area (Å²) in [5, 5.41) is 14.2. The second-order valence-electron chi connectivity index (χ2n) is 11.2. The summed E-state index contributed by atoms with van der Waals surface area (Å²) in [7, 11) is 0. The Balaban J connectivity index is 1.71. The highest BCUT2D eigenvalue weighted by atomic mass is 19.2. The van der Waals surface area contributed by atoms with Crippen molar-refractivity contribution in [2.24, 2.45) is 5.11 Å². The number of nitrogens with zero attached hydrogens (tertiary/aromatic N) is 5. The lowest BCUT2D eigenvalue weighted by Crippen LogP contribution is -2.30. The van der Waals surface area contributed by atoms with E-state index in [1.165, 1.54) is 0 Å². The van der Waals surface area contributed by atoms with Crippen molar-refractivity contribution in [1.29, 1.82) is 0 Å².